The number of carbonyl (C=O) groups is 2. The van der Waals surface area contributed by atoms with Gasteiger partial charge < -0.3 is 19.7 Å². The maximum atomic E-state index is 13.8. The minimum absolute atomic E-state index is 0.0295. The van der Waals surface area contributed by atoms with Crippen LogP contribution in [0, 0.1) is 0 Å². The van der Waals surface area contributed by atoms with Gasteiger partial charge in [0.15, 0.2) is 0 Å². The Hall–Kier alpha value is -5.42. The van der Waals surface area contributed by atoms with Gasteiger partial charge in [0.1, 0.15) is 11.5 Å². The van der Waals surface area contributed by atoms with Crippen molar-refractivity contribution >= 4 is 35.1 Å². The molecule has 1 aliphatic heterocycles. The van der Waals surface area contributed by atoms with Gasteiger partial charge in [0.05, 0.1) is 0 Å². The van der Waals surface area contributed by atoms with Gasteiger partial charge in [-0.1, -0.05) is 84.9 Å². The lowest BCUT2D eigenvalue weighted by molar-refractivity contribution is -0.126. The summed E-state index contributed by atoms with van der Waals surface area (Å²) in [6.45, 7) is -2.71. The van der Waals surface area contributed by atoms with Crippen molar-refractivity contribution in [1.82, 2.24) is 15.1 Å². The molecule has 1 aliphatic rings. The minimum atomic E-state index is -2.92. The molecule has 7 nitrogen and oxygen atoms in total. The normalized spacial score (nSPS) is 14.2. The Bertz CT molecular complexity index is 1720. The van der Waals surface area contributed by atoms with E-state index >= 15 is 0 Å². The molecule has 49 heavy (non-hydrogen) atoms. The molecule has 4 aromatic rings. The SMILES string of the molecule is O=C(NCCN1CCN(C(=O)C(=Cc2ccc(OC(F)F)cc2)c2ccccc2)CC1)/C(=C/c1ccc(OC(F)F)cc1)c1ccccc1. The van der Waals surface area contributed by atoms with E-state index < -0.39 is 13.2 Å². The molecule has 0 saturated carbocycles. The monoisotopic (exact) mass is 673 g/mol. The van der Waals surface area contributed by atoms with Crippen molar-refractivity contribution in [3.8, 4) is 11.5 Å². The number of piperazine rings is 1. The third-order valence-corrected chi connectivity index (χ3v) is 7.85. The van der Waals surface area contributed by atoms with E-state index in [2.05, 4.69) is 19.7 Å². The van der Waals surface area contributed by atoms with Gasteiger partial charge in [-0.15, -0.1) is 0 Å². The molecular weight excluding hydrogens is 638 g/mol. The molecule has 5 rings (SSSR count). The van der Waals surface area contributed by atoms with E-state index in [1.54, 1.807) is 41.3 Å². The van der Waals surface area contributed by atoms with Crippen molar-refractivity contribution in [2.24, 2.45) is 0 Å². The third-order valence-electron chi connectivity index (χ3n) is 7.85. The first kappa shape index (κ1) is 34.9. The van der Waals surface area contributed by atoms with E-state index in [0.717, 1.165) is 5.56 Å². The first-order valence-corrected chi connectivity index (χ1v) is 15.7. The highest BCUT2D eigenvalue weighted by Crippen LogP contribution is 2.24. The van der Waals surface area contributed by atoms with Crippen LogP contribution in [-0.2, 0) is 9.59 Å². The number of nitrogens with zero attached hydrogens (tertiary/aromatic N) is 2. The largest absolute Gasteiger partial charge is 0.435 e. The summed E-state index contributed by atoms with van der Waals surface area (Å²) < 4.78 is 59.1. The summed E-state index contributed by atoms with van der Waals surface area (Å²) in [4.78, 5) is 31.1. The Morgan fingerprint density at radius 1 is 0.633 bits per heavy atom. The topological polar surface area (TPSA) is 71.1 Å². The average Bonchev–Trinajstić information content (AvgIpc) is 3.11. The second-order valence-electron chi connectivity index (χ2n) is 11.1. The Balaban J connectivity index is 1.18. The molecule has 0 spiro atoms. The van der Waals surface area contributed by atoms with Crippen molar-refractivity contribution in [2.45, 2.75) is 13.2 Å². The predicted octanol–water partition coefficient (Wildman–Crippen LogP) is 6.93. The van der Waals surface area contributed by atoms with Gasteiger partial charge >= 0.3 is 13.2 Å². The summed E-state index contributed by atoms with van der Waals surface area (Å²) >= 11 is 0. The van der Waals surface area contributed by atoms with Gasteiger partial charge in [-0.05, 0) is 58.7 Å². The van der Waals surface area contributed by atoms with E-state index in [4.69, 9.17) is 0 Å². The van der Waals surface area contributed by atoms with Gasteiger partial charge in [0.25, 0.3) is 11.8 Å². The lowest BCUT2D eigenvalue weighted by Crippen LogP contribution is -2.50. The molecule has 4 aromatic carbocycles. The molecular formula is C38H35F4N3O4. The first-order chi connectivity index (χ1) is 23.7. The number of rotatable bonds is 13. The molecule has 0 radical (unpaired) electrons. The molecule has 11 heteroatoms. The Labute approximate surface area is 282 Å². The van der Waals surface area contributed by atoms with Crippen LogP contribution in [0.2, 0.25) is 0 Å². The van der Waals surface area contributed by atoms with Gasteiger partial charge in [0.2, 0.25) is 0 Å². The molecule has 0 atom stereocenters. The van der Waals surface area contributed by atoms with Crippen LogP contribution in [0.25, 0.3) is 23.3 Å². The van der Waals surface area contributed by atoms with E-state index in [0.29, 0.717) is 67.1 Å². The summed E-state index contributed by atoms with van der Waals surface area (Å²) in [6.07, 6.45) is 3.44. The van der Waals surface area contributed by atoms with E-state index in [1.165, 1.54) is 24.3 Å². The molecule has 254 valence electrons. The zero-order valence-corrected chi connectivity index (χ0v) is 26.5. The van der Waals surface area contributed by atoms with Crippen LogP contribution in [0.15, 0.2) is 109 Å². The smallest absolute Gasteiger partial charge is 0.387 e. The third kappa shape index (κ3) is 10.3. The zero-order chi connectivity index (χ0) is 34.6. The van der Waals surface area contributed by atoms with Crippen LogP contribution in [0.5, 0.6) is 11.5 Å². The number of benzene rings is 4. The highest BCUT2D eigenvalue weighted by molar-refractivity contribution is 6.24. The molecule has 1 fully saturated rings. The van der Waals surface area contributed by atoms with E-state index in [-0.39, 0.29) is 23.3 Å². The number of hydrogen-bond acceptors (Lipinski definition) is 5. The maximum Gasteiger partial charge on any atom is 0.387 e. The van der Waals surface area contributed by atoms with E-state index in [1.807, 2.05) is 60.7 Å². The van der Waals surface area contributed by atoms with Crippen molar-refractivity contribution < 1.29 is 36.6 Å². The van der Waals surface area contributed by atoms with Gasteiger partial charge in [0, 0.05) is 50.4 Å². The van der Waals surface area contributed by atoms with Gasteiger partial charge in [-0.25, -0.2) is 0 Å². The molecule has 1 saturated heterocycles. The Kier molecular flexibility index (Phi) is 12.2. The van der Waals surface area contributed by atoms with E-state index in [9.17, 15) is 27.2 Å². The van der Waals surface area contributed by atoms with Crippen LogP contribution < -0.4 is 14.8 Å². The van der Waals surface area contributed by atoms with Gasteiger partial charge in [-0.2, -0.15) is 17.6 Å². The van der Waals surface area contributed by atoms with Crippen LogP contribution in [0.4, 0.5) is 17.6 Å². The molecule has 0 aromatic heterocycles. The standard InChI is InChI=1S/C38H35F4N3O4/c39-37(40)48-31-15-11-27(12-16-31)25-33(29-7-3-1-4-8-29)35(46)43-19-20-44-21-23-45(24-22-44)36(47)34(30-9-5-2-6-10-30)26-28-13-17-32(18-14-28)49-38(41)42/h1-18,25-26,37-38H,19-24H2,(H,43,46)/b33-25+,34-26?. The minimum Gasteiger partial charge on any atom is -0.435 e. The second-order valence-corrected chi connectivity index (χ2v) is 11.1. The van der Waals surface area contributed by atoms with Gasteiger partial charge in [-0.3, -0.25) is 14.5 Å². The van der Waals surface area contributed by atoms with Crippen LogP contribution in [0.3, 0.4) is 0 Å². The molecule has 0 aliphatic carbocycles. The summed E-state index contributed by atoms with van der Waals surface area (Å²) in [7, 11) is 0. The van der Waals surface area contributed by atoms with Crippen LogP contribution in [-0.4, -0.2) is 74.1 Å². The fourth-order valence-electron chi connectivity index (χ4n) is 5.38. The van der Waals surface area contributed by atoms with Crippen LogP contribution in [0.1, 0.15) is 22.3 Å². The number of ether oxygens (including phenoxy) is 2. The number of nitrogens with one attached hydrogen (secondary N) is 1. The summed E-state index contributed by atoms with van der Waals surface area (Å²) in [6, 6.07) is 30.6. The highest BCUT2D eigenvalue weighted by atomic mass is 19.3. The summed E-state index contributed by atoms with van der Waals surface area (Å²) in [5.41, 5.74) is 3.68. The summed E-state index contributed by atoms with van der Waals surface area (Å²) in [5.74, 6) is -0.353. The fraction of sp³-hybridized carbons (Fsp3) is 0.211. The van der Waals surface area contributed by atoms with Crippen molar-refractivity contribution in [1.29, 1.82) is 0 Å². The lowest BCUT2D eigenvalue weighted by atomic mass is 10.0. The average molecular weight is 674 g/mol. The Morgan fingerprint density at radius 2 is 1.08 bits per heavy atom. The number of alkyl halides is 4. The highest BCUT2D eigenvalue weighted by Gasteiger charge is 2.25. The zero-order valence-electron chi connectivity index (χ0n) is 26.5. The number of carbonyl (C=O) groups excluding carboxylic acids is 2. The lowest BCUT2D eigenvalue weighted by Gasteiger charge is -2.35. The second kappa shape index (κ2) is 17.1. The molecule has 2 amide bonds. The van der Waals surface area contributed by atoms with Crippen molar-refractivity contribution in [3.05, 3.63) is 131 Å². The first-order valence-electron chi connectivity index (χ1n) is 15.7. The maximum absolute atomic E-state index is 13.8. The van der Waals surface area contributed by atoms with Crippen molar-refractivity contribution in [2.75, 3.05) is 39.3 Å². The molecule has 0 bridgehead atoms. The van der Waals surface area contributed by atoms with Crippen molar-refractivity contribution in [3.63, 3.8) is 0 Å². The quantitative estimate of drug-likeness (QED) is 0.0948. The molecule has 0 unspecified atom stereocenters. The number of halogens is 4. The number of amides is 2. The summed E-state index contributed by atoms with van der Waals surface area (Å²) in [5, 5.41) is 2.99. The number of hydrogen-bond donors (Lipinski definition) is 1. The fourth-order valence-corrected chi connectivity index (χ4v) is 5.38. The van der Waals surface area contributed by atoms with Crippen LogP contribution >= 0.6 is 0 Å². The molecule has 1 heterocycles. The predicted molar refractivity (Wildman–Crippen MR) is 181 cm³/mol. The molecule has 1 N–H and O–H groups in total. The Morgan fingerprint density at radius 3 is 1.55 bits per heavy atom.